The van der Waals surface area contributed by atoms with Crippen LogP contribution in [0, 0.1) is 17.7 Å². The molecule has 108 valence electrons. The Morgan fingerprint density at radius 1 is 1.19 bits per heavy atom. The minimum absolute atomic E-state index is 0.00403. The predicted molar refractivity (Wildman–Crippen MR) is 80.8 cm³/mol. The maximum atomic E-state index is 13.7. The summed E-state index contributed by atoms with van der Waals surface area (Å²) < 4.78 is 19.2. The van der Waals surface area contributed by atoms with E-state index in [2.05, 4.69) is 11.8 Å². The van der Waals surface area contributed by atoms with Crippen LogP contribution in [0.2, 0.25) is 5.02 Å². The molecular formula is C17H14ClFO2. The lowest BCUT2D eigenvalue weighted by atomic mass is 10.2. The fraction of sp³-hybridized carbons (Fsp3) is 0.176. The van der Waals surface area contributed by atoms with Crippen molar-refractivity contribution in [1.82, 2.24) is 0 Å². The second-order valence-electron chi connectivity index (χ2n) is 4.30. The minimum Gasteiger partial charge on any atom is -0.486 e. The van der Waals surface area contributed by atoms with Gasteiger partial charge in [-0.1, -0.05) is 41.6 Å². The normalized spacial score (nSPS) is 9.86. The third-order valence-corrected chi connectivity index (χ3v) is 3.11. The van der Waals surface area contributed by atoms with E-state index in [0.29, 0.717) is 17.0 Å². The topological polar surface area (TPSA) is 29.5 Å². The van der Waals surface area contributed by atoms with E-state index in [4.69, 9.17) is 21.4 Å². The molecule has 0 saturated carbocycles. The molecule has 0 amide bonds. The quantitative estimate of drug-likeness (QED) is 0.871. The monoisotopic (exact) mass is 304 g/mol. The Morgan fingerprint density at radius 2 is 2.00 bits per heavy atom. The second kappa shape index (κ2) is 7.68. The zero-order valence-corrected chi connectivity index (χ0v) is 12.0. The number of rotatable bonds is 4. The van der Waals surface area contributed by atoms with Gasteiger partial charge in [0.25, 0.3) is 0 Å². The first-order valence-corrected chi connectivity index (χ1v) is 6.84. The van der Waals surface area contributed by atoms with Crippen molar-refractivity contribution in [3.05, 3.63) is 64.4 Å². The lowest BCUT2D eigenvalue weighted by molar-refractivity contribution is 0.290. The molecule has 0 aliphatic carbocycles. The number of hydrogen-bond donors (Lipinski definition) is 1. The van der Waals surface area contributed by atoms with Gasteiger partial charge in [-0.2, -0.15) is 0 Å². The molecule has 2 rings (SSSR count). The summed E-state index contributed by atoms with van der Waals surface area (Å²) in [6, 6.07) is 11.7. The summed E-state index contributed by atoms with van der Waals surface area (Å²) >= 11 is 6.03. The van der Waals surface area contributed by atoms with E-state index in [1.165, 1.54) is 12.1 Å². The lowest BCUT2D eigenvalue weighted by Crippen LogP contribution is -1.98. The molecule has 0 fully saturated rings. The van der Waals surface area contributed by atoms with Crippen molar-refractivity contribution < 1.29 is 14.2 Å². The predicted octanol–water partition coefficient (Wildman–Crippen LogP) is 3.79. The van der Waals surface area contributed by atoms with Crippen LogP contribution >= 0.6 is 11.6 Å². The van der Waals surface area contributed by atoms with Gasteiger partial charge in [-0.15, -0.1) is 0 Å². The Balaban J connectivity index is 2.11. The highest BCUT2D eigenvalue weighted by Crippen LogP contribution is 2.22. The summed E-state index contributed by atoms with van der Waals surface area (Å²) in [5.74, 6) is 5.30. The molecule has 0 unspecified atom stereocenters. The standard InChI is InChI=1S/C17H14ClFO2/c18-15-7-2-1-6-14(15)12-21-17-11-13(5-3-4-10-20)8-9-16(17)19/h1-2,6-9,11,20H,4,10,12H2. The molecule has 0 spiro atoms. The highest BCUT2D eigenvalue weighted by Gasteiger charge is 2.06. The van der Waals surface area contributed by atoms with Crippen molar-refractivity contribution >= 4 is 11.6 Å². The van der Waals surface area contributed by atoms with E-state index < -0.39 is 5.82 Å². The molecule has 0 aliphatic heterocycles. The third kappa shape index (κ3) is 4.49. The van der Waals surface area contributed by atoms with Crippen molar-refractivity contribution in [2.24, 2.45) is 0 Å². The summed E-state index contributed by atoms with van der Waals surface area (Å²) in [7, 11) is 0. The Kier molecular flexibility index (Phi) is 5.62. The van der Waals surface area contributed by atoms with Crippen LogP contribution in [-0.2, 0) is 6.61 Å². The molecule has 2 aromatic rings. The van der Waals surface area contributed by atoms with E-state index in [0.717, 1.165) is 5.56 Å². The van der Waals surface area contributed by atoms with Gasteiger partial charge in [0.1, 0.15) is 6.61 Å². The highest BCUT2D eigenvalue weighted by molar-refractivity contribution is 6.31. The van der Waals surface area contributed by atoms with Crippen molar-refractivity contribution in [2.45, 2.75) is 13.0 Å². The fourth-order valence-electron chi connectivity index (χ4n) is 1.68. The molecule has 4 heteroatoms. The molecule has 21 heavy (non-hydrogen) atoms. The van der Waals surface area contributed by atoms with Crippen LogP contribution in [-0.4, -0.2) is 11.7 Å². The largest absolute Gasteiger partial charge is 0.486 e. The number of aliphatic hydroxyl groups excluding tert-OH is 1. The molecule has 2 nitrogen and oxygen atoms in total. The number of benzene rings is 2. The maximum Gasteiger partial charge on any atom is 0.165 e. The fourth-order valence-corrected chi connectivity index (χ4v) is 1.87. The molecule has 0 saturated heterocycles. The SMILES string of the molecule is OCCC#Cc1ccc(F)c(OCc2ccccc2Cl)c1. The van der Waals surface area contributed by atoms with Gasteiger partial charge in [0.05, 0.1) is 6.61 Å². The van der Waals surface area contributed by atoms with E-state index in [1.807, 2.05) is 18.2 Å². The number of hydrogen-bond acceptors (Lipinski definition) is 2. The van der Waals surface area contributed by atoms with Crippen molar-refractivity contribution in [3.8, 4) is 17.6 Å². The van der Waals surface area contributed by atoms with Crippen molar-refractivity contribution in [2.75, 3.05) is 6.61 Å². The van der Waals surface area contributed by atoms with Crippen LogP contribution in [0.4, 0.5) is 4.39 Å². The maximum absolute atomic E-state index is 13.7. The van der Waals surface area contributed by atoms with E-state index >= 15 is 0 Å². The van der Waals surface area contributed by atoms with Gasteiger partial charge in [-0.05, 0) is 24.3 Å². The average Bonchev–Trinajstić information content (AvgIpc) is 2.49. The van der Waals surface area contributed by atoms with Crippen LogP contribution in [0.1, 0.15) is 17.5 Å². The van der Waals surface area contributed by atoms with Crippen LogP contribution in [0.25, 0.3) is 0 Å². The minimum atomic E-state index is -0.449. The van der Waals surface area contributed by atoms with E-state index in [9.17, 15) is 4.39 Å². The first-order chi connectivity index (χ1) is 10.2. The average molecular weight is 305 g/mol. The number of aliphatic hydroxyl groups is 1. The molecule has 0 heterocycles. The smallest absolute Gasteiger partial charge is 0.165 e. The molecule has 2 aromatic carbocycles. The second-order valence-corrected chi connectivity index (χ2v) is 4.71. The zero-order valence-electron chi connectivity index (χ0n) is 11.3. The molecule has 0 aliphatic rings. The molecule has 1 N–H and O–H groups in total. The Bertz CT molecular complexity index is 674. The molecule has 0 atom stereocenters. The highest BCUT2D eigenvalue weighted by atomic mass is 35.5. The van der Waals surface area contributed by atoms with Gasteiger partial charge in [-0.3, -0.25) is 0 Å². The summed E-state index contributed by atoms with van der Waals surface area (Å²) in [5, 5.41) is 9.26. The molecule has 0 bridgehead atoms. The van der Waals surface area contributed by atoms with Gasteiger partial charge in [0.2, 0.25) is 0 Å². The molecule has 0 radical (unpaired) electrons. The molecule has 0 aromatic heterocycles. The van der Waals surface area contributed by atoms with E-state index in [1.54, 1.807) is 12.1 Å². The number of ether oxygens (including phenoxy) is 1. The van der Waals surface area contributed by atoms with Gasteiger partial charge in [0, 0.05) is 22.6 Å². The summed E-state index contributed by atoms with van der Waals surface area (Å²) in [5.41, 5.74) is 1.43. The van der Waals surface area contributed by atoms with Crippen LogP contribution in [0.15, 0.2) is 42.5 Å². The summed E-state index contributed by atoms with van der Waals surface area (Å²) in [4.78, 5) is 0. The third-order valence-electron chi connectivity index (χ3n) is 2.74. The van der Waals surface area contributed by atoms with Gasteiger partial charge < -0.3 is 9.84 Å². The van der Waals surface area contributed by atoms with E-state index in [-0.39, 0.29) is 19.0 Å². The number of halogens is 2. The zero-order chi connectivity index (χ0) is 15.1. The Labute approximate surface area is 128 Å². The van der Waals surface area contributed by atoms with Gasteiger partial charge in [-0.25, -0.2) is 4.39 Å². The van der Waals surface area contributed by atoms with Crippen LogP contribution in [0.5, 0.6) is 5.75 Å². The van der Waals surface area contributed by atoms with Crippen LogP contribution in [0.3, 0.4) is 0 Å². The van der Waals surface area contributed by atoms with Crippen LogP contribution < -0.4 is 4.74 Å². The first kappa shape index (κ1) is 15.4. The Morgan fingerprint density at radius 3 is 2.76 bits per heavy atom. The van der Waals surface area contributed by atoms with Gasteiger partial charge in [0.15, 0.2) is 11.6 Å². The van der Waals surface area contributed by atoms with Crippen molar-refractivity contribution in [3.63, 3.8) is 0 Å². The van der Waals surface area contributed by atoms with Gasteiger partial charge >= 0.3 is 0 Å². The summed E-state index contributed by atoms with van der Waals surface area (Å²) in [6.07, 6.45) is 0.382. The first-order valence-electron chi connectivity index (χ1n) is 6.46. The lowest BCUT2D eigenvalue weighted by Gasteiger charge is -2.09. The van der Waals surface area contributed by atoms with Crippen molar-refractivity contribution in [1.29, 1.82) is 0 Å². The summed E-state index contributed by atoms with van der Waals surface area (Å²) in [6.45, 7) is 0.189. The molecular weight excluding hydrogens is 291 g/mol. The Hall–Kier alpha value is -2.02.